The summed E-state index contributed by atoms with van der Waals surface area (Å²) in [6.07, 6.45) is 2.43. The highest BCUT2D eigenvalue weighted by Crippen LogP contribution is 2.29. The average Bonchev–Trinajstić information content (AvgIpc) is 3.05. The molecule has 0 bridgehead atoms. The molecule has 2 N–H and O–H groups in total. The Bertz CT molecular complexity index is 817. The molecule has 2 aliphatic rings. The molecule has 2 fully saturated rings. The first-order chi connectivity index (χ1) is 13.1. The number of nitrogens with one attached hydrogen (secondary N) is 2. The van der Waals surface area contributed by atoms with Gasteiger partial charge in [0.05, 0.1) is 18.4 Å². The van der Waals surface area contributed by atoms with Crippen LogP contribution in [0.1, 0.15) is 12.8 Å². The number of nitrogens with zero attached hydrogens (tertiary/aromatic N) is 2. The quantitative estimate of drug-likeness (QED) is 0.869. The number of aromatic nitrogens is 1. The SMILES string of the molecule is O=C1NCC2(CCN(C(=O)Nc3ccc(Oc4ccccc4)nc3)CC2)O1. The number of anilines is 1. The third-order valence-corrected chi connectivity index (χ3v) is 4.78. The number of alkyl carbamates (subject to hydrolysis) is 1. The molecule has 8 nitrogen and oxygen atoms in total. The maximum Gasteiger partial charge on any atom is 0.407 e. The Labute approximate surface area is 156 Å². The number of ether oxygens (including phenoxy) is 2. The Kier molecular flexibility index (Phi) is 4.53. The molecule has 0 unspecified atom stereocenters. The van der Waals surface area contributed by atoms with Crippen LogP contribution in [0.4, 0.5) is 15.3 Å². The summed E-state index contributed by atoms with van der Waals surface area (Å²) in [5.74, 6) is 1.15. The molecule has 8 heteroatoms. The van der Waals surface area contributed by atoms with Crippen LogP contribution in [0.3, 0.4) is 0 Å². The van der Waals surface area contributed by atoms with E-state index in [2.05, 4.69) is 15.6 Å². The van der Waals surface area contributed by atoms with Crippen LogP contribution < -0.4 is 15.4 Å². The summed E-state index contributed by atoms with van der Waals surface area (Å²) < 4.78 is 11.0. The molecule has 2 aliphatic heterocycles. The zero-order chi connectivity index (χ0) is 18.7. The number of para-hydroxylation sites is 1. The van der Waals surface area contributed by atoms with E-state index in [9.17, 15) is 9.59 Å². The third kappa shape index (κ3) is 3.94. The average molecular weight is 368 g/mol. The number of carbonyl (C=O) groups excluding carboxylic acids is 2. The number of urea groups is 1. The maximum atomic E-state index is 12.4. The predicted octanol–water partition coefficient (Wildman–Crippen LogP) is 2.98. The topological polar surface area (TPSA) is 92.8 Å². The van der Waals surface area contributed by atoms with Crippen molar-refractivity contribution in [2.75, 3.05) is 25.0 Å². The van der Waals surface area contributed by atoms with Gasteiger partial charge in [0.25, 0.3) is 0 Å². The monoisotopic (exact) mass is 368 g/mol. The highest BCUT2D eigenvalue weighted by atomic mass is 16.6. The standard InChI is InChI=1S/C19H20N4O4/c24-17(23-10-8-19(9-11-23)13-21-18(25)27-19)22-14-6-7-16(20-12-14)26-15-4-2-1-3-5-15/h1-7,12H,8-11,13H2,(H,21,25)(H,22,24). The second-order valence-corrected chi connectivity index (χ2v) is 6.64. The molecule has 1 spiro atoms. The van der Waals surface area contributed by atoms with Crippen molar-refractivity contribution in [3.05, 3.63) is 48.7 Å². The molecular formula is C19H20N4O4. The molecule has 0 aliphatic carbocycles. The van der Waals surface area contributed by atoms with E-state index in [0.29, 0.717) is 49.8 Å². The molecule has 0 radical (unpaired) electrons. The Morgan fingerprint density at radius 1 is 1.19 bits per heavy atom. The molecule has 140 valence electrons. The zero-order valence-corrected chi connectivity index (χ0v) is 14.7. The van der Waals surface area contributed by atoms with Crippen LogP contribution in [0, 0.1) is 0 Å². The van der Waals surface area contributed by atoms with Gasteiger partial charge in [-0.25, -0.2) is 14.6 Å². The molecule has 1 aromatic heterocycles. The molecule has 2 aromatic rings. The van der Waals surface area contributed by atoms with Gasteiger partial charge in [0.2, 0.25) is 5.88 Å². The number of hydrogen-bond donors (Lipinski definition) is 2. The van der Waals surface area contributed by atoms with Crippen molar-refractivity contribution >= 4 is 17.8 Å². The Hall–Kier alpha value is -3.29. The fourth-order valence-electron chi connectivity index (χ4n) is 3.22. The van der Waals surface area contributed by atoms with Gasteiger partial charge in [0.15, 0.2) is 0 Å². The Morgan fingerprint density at radius 2 is 1.96 bits per heavy atom. The minimum absolute atomic E-state index is 0.194. The van der Waals surface area contributed by atoms with Crippen LogP contribution in [0.25, 0.3) is 0 Å². The maximum absolute atomic E-state index is 12.4. The van der Waals surface area contributed by atoms with Crippen LogP contribution in [0.15, 0.2) is 48.7 Å². The van der Waals surface area contributed by atoms with Crippen LogP contribution >= 0.6 is 0 Å². The summed E-state index contributed by atoms with van der Waals surface area (Å²) >= 11 is 0. The number of benzene rings is 1. The molecule has 3 heterocycles. The fraction of sp³-hybridized carbons (Fsp3) is 0.316. The molecule has 27 heavy (non-hydrogen) atoms. The molecule has 2 saturated heterocycles. The van der Waals surface area contributed by atoms with Gasteiger partial charge >= 0.3 is 12.1 Å². The van der Waals surface area contributed by atoms with Crippen LogP contribution in [0.5, 0.6) is 11.6 Å². The number of amides is 3. The Balaban J connectivity index is 1.30. The lowest BCUT2D eigenvalue weighted by molar-refractivity contribution is 0.0110. The molecular weight excluding hydrogens is 348 g/mol. The third-order valence-electron chi connectivity index (χ3n) is 4.78. The van der Waals surface area contributed by atoms with Crippen molar-refractivity contribution < 1.29 is 19.1 Å². The van der Waals surface area contributed by atoms with Crippen LogP contribution in [0.2, 0.25) is 0 Å². The summed E-state index contributed by atoms with van der Waals surface area (Å²) in [4.78, 5) is 29.6. The Morgan fingerprint density at radius 3 is 2.59 bits per heavy atom. The summed E-state index contributed by atoms with van der Waals surface area (Å²) in [6, 6.07) is 12.6. The molecule has 1 aromatic carbocycles. The first-order valence-electron chi connectivity index (χ1n) is 8.84. The number of rotatable bonds is 3. The van der Waals surface area contributed by atoms with Gasteiger partial charge in [-0.3, -0.25) is 0 Å². The zero-order valence-electron chi connectivity index (χ0n) is 14.7. The van der Waals surface area contributed by atoms with Gasteiger partial charge in [0, 0.05) is 32.0 Å². The van der Waals surface area contributed by atoms with E-state index in [1.54, 1.807) is 23.2 Å². The van der Waals surface area contributed by atoms with Crippen molar-refractivity contribution in [1.82, 2.24) is 15.2 Å². The molecule has 0 saturated carbocycles. The number of pyridine rings is 1. The number of piperidine rings is 1. The molecule has 0 atom stereocenters. The van der Waals surface area contributed by atoms with Gasteiger partial charge < -0.3 is 25.0 Å². The van der Waals surface area contributed by atoms with Crippen molar-refractivity contribution in [3.63, 3.8) is 0 Å². The highest BCUT2D eigenvalue weighted by molar-refractivity contribution is 5.89. The normalized spacial score (nSPS) is 17.9. The largest absolute Gasteiger partial charge is 0.441 e. The van der Waals surface area contributed by atoms with Gasteiger partial charge in [-0.1, -0.05) is 18.2 Å². The summed E-state index contributed by atoms with van der Waals surface area (Å²) in [5.41, 5.74) is 0.126. The number of likely N-dealkylation sites (tertiary alicyclic amines) is 1. The van der Waals surface area contributed by atoms with E-state index in [0.717, 1.165) is 0 Å². The van der Waals surface area contributed by atoms with E-state index in [4.69, 9.17) is 9.47 Å². The van der Waals surface area contributed by atoms with Gasteiger partial charge in [-0.15, -0.1) is 0 Å². The lowest BCUT2D eigenvalue weighted by Crippen LogP contribution is -2.49. The second kappa shape index (κ2) is 7.14. The van der Waals surface area contributed by atoms with Crippen molar-refractivity contribution in [3.8, 4) is 11.6 Å². The number of hydrogen-bond acceptors (Lipinski definition) is 5. The van der Waals surface area contributed by atoms with Crippen molar-refractivity contribution in [1.29, 1.82) is 0 Å². The lowest BCUT2D eigenvalue weighted by atomic mass is 9.92. The molecule has 4 rings (SSSR count). The van der Waals surface area contributed by atoms with Crippen LogP contribution in [-0.4, -0.2) is 47.2 Å². The number of carbonyl (C=O) groups is 2. The van der Waals surface area contributed by atoms with Crippen molar-refractivity contribution in [2.24, 2.45) is 0 Å². The lowest BCUT2D eigenvalue weighted by Gasteiger charge is -2.37. The predicted molar refractivity (Wildman–Crippen MR) is 97.8 cm³/mol. The van der Waals surface area contributed by atoms with E-state index >= 15 is 0 Å². The van der Waals surface area contributed by atoms with Crippen LogP contribution in [-0.2, 0) is 4.74 Å². The van der Waals surface area contributed by atoms with Gasteiger partial charge in [-0.2, -0.15) is 0 Å². The smallest absolute Gasteiger partial charge is 0.407 e. The second-order valence-electron chi connectivity index (χ2n) is 6.64. The van der Waals surface area contributed by atoms with Gasteiger partial charge in [0.1, 0.15) is 11.4 Å². The summed E-state index contributed by atoms with van der Waals surface area (Å²) in [5, 5.41) is 5.52. The summed E-state index contributed by atoms with van der Waals surface area (Å²) in [7, 11) is 0. The summed E-state index contributed by atoms with van der Waals surface area (Å²) in [6.45, 7) is 1.57. The van der Waals surface area contributed by atoms with E-state index < -0.39 is 5.60 Å². The first-order valence-corrected chi connectivity index (χ1v) is 8.84. The minimum Gasteiger partial charge on any atom is -0.441 e. The first kappa shape index (κ1) is 17.1. The fourth-order valence-corrected chi connectivity index (χ4v) is 3.22. The van der Waals surface area contributed by atoms with E-state index in [-0.39, 0.29) is 12.1 Å². The highest BCUT2D eigenvalue weighted by Gasteiger charge is 2.43. The van der Waals surface area contributed by atoms with E-state index in [1.807, 2.05) is 30.3 Å². The molecule has 3 amide bonds. The van der Waals surface area contributed by atoms with Crippen molar-refractivity contribution in [2.45, 2.75) is 18.4 Å². The van der Waals surface area contributed by atoms with Gasteiger partial charge in [-0.05, 0) is 18.2 Å². The van der Waals surface area contributed by atoms with E-state index in [1.165, 1.54) is 0 Å². The minimum atomic E-state index is -0.466.